The Labute approximate surface area is 130 Å². The van der Waals surface area contributed by atoms with E-state index < -0.39 is 6.10 Å². The highest BCUT2D eigenvalue weighted by atomic mass is 35.5. The van der Waals surface area contributed by atoms with E-state index in [2.05, 4.69) is 10.2 Å². The molecule has 21 heavy (non-hydrogen) atoms. The molecule has 1 heterocycles. The molecule has 1 aliphatic rings. The number of urea groups is 1. The van der Waals surface area contributed by atoms with Gasteiger partial charge in [0.2, 0.25) is 0 Å². The maximum atomic E-state index is 12.0. The number of anilines is 1. The van der Waals surface area contributed by atoms with Crippen molar-refractivity contribution in [2.75, 3.05) is 31.6 Å². The number of nitrogens with zero attached hydrogens (tertiary/aromatic N) is 2. The number of hydrogen-bond acceptors (Lipinski definition) is 3. The van der Waals surface area contributed by atoms with Gasteiger partial charge in [0.15, 0.2) is 0 Å². The maximum Gasteiger partial charge on any atom is 0.317 e. The first kappa shape index (κ1) is 15.9. The van der Waals surface area contributed by atoms with Crippen LogP contribution >= 0.6 is 11.6 Å². The summed E-state index contributed by atoms with van der Waals surface area (Å²) in [6.45, 7) is 3.66. The van der Waals surface area contributed by atoms with Gasteiger partial charge in [-0.1, -0.05) is 17.7 Å². The van der Waals surface area contributed by atoms with Crippen molar-refractivity contribution in [3.8, 4) is 0 Å². The molecule has 0 saturated carbocycles. The van der Waals surface area contributed by atoms with Gasteiger partial charge in [-0.3, -0.25) is 0 Å². The SMILES string of the molecule is CC(O)CN(C)C(=O)NC1CCN(c2cccc(Cl)c2)C1. The van der Waals surface area contributed by atoms with Gasteiger partial charge >= 0.3 is 6.03 Å². The lowest BCUT2D eigenvalue weighted by Gasteiger charge is -2.23. The van der Waals surface area contributed by atoms with E-state index in [9.17, 15) is 9.90 Å². The molecule has 2 amide bonds. The monoisotopic (exact) mass is 311 g/mol. The topological polar surface area (TPSA) is 55.8 Å². The minimum absolute atomic E-state index is 0.118. The second-order valence-corrected chi connectivity index (χ2v) is 6.03. The Morgan fingerprint density at radius 2 is 2.38 bits per heavy atom. The summed E-state index contributed by atoms with van der Waals surface area (Å²) in [5.41, 5.74) is 1.08. The van der Waals surface area contributed by atoms with Crippen LogP contribution in [0.3, 0.4) is 0 Å². The number of carbonyl (C=O) groups excluding carboxylic acids is 1. The molecule has 2 rings (SSSR count). The third-order valence-corrected chi connectivity index (χ3v) is 3.81. The first-order chi connectivity index (χ1) is 9.95. The average molecular weight is 312 g/mol. The summed E-state index contributed by atoms with van der Waals surface area (Å²) in [5.74, 6) is 0. The van der Waals surface area contributed by atoms with Crippen molar-refractivity contribution in [2.45, 2.75) is 25.5 Å². The van der Waals surface area contributed by atoms with Crippen LogP contribution in [-0.2, 0) is 0 Å². The molecule has 2 unspecified atom stereocenters. The number of carbonyl (C=O) groups is 1. The highest BCUT2D eigenvalue weighted by Crippen LogP contribution is 2.23. The molecular formula is C15H22ClN3O2. The second-order valence-electron chi connectivity index (χ2n) is 5.59. The molecule has 0 aromatic heterocycles. The number of nitrogens with one attached hydrogen (secondary N) is 1. The van der Waals surface area contributed by atoms with E-state index in [4.69, 9.17) is 11.6 Å². The Morgan fingerprint density at radius 1 is 1.62 bits per heavy atom. The number of amides is 2. The summed E-state index contributed by atoms with van der Waals surface area (Å²) in [4.78, 5) is 15.7. The molecule has 5 nitrogen and oxygen atoms in total. The van der Waals surface area contributed by atoms with Crippen LogP contribution < -0.4 is 10.2 Å². The Hall–Kier alpha value is -1.46. The minimum atomic E-state index is -0.521. The molecule has 0 radical (unpaired) electrons. The molecule has 0 aliphatic carbocycles. The zero-order chi connectivity index (χ0) is 15.4. The van der Waals surface area contributed by atoms with E-state index in [1.54, 1.807) is 14.0 Å². The number of hydrogen-bond donors (Lipinski definition) is 2. The van der Waals surface area contributed by atoms with E-state index in [-0.39, 0.29) is 12.1 Å². The van der Waals surface area contributed by atoms with Gasteiger partial charge in [-0.15, -0.1) is 0 Å². The van der Waals surface area contributed by atoms with E-state index >= 15 is 0 Å². The van der Waals surface area contributed by atoms with Crippen LogP contribution in [0.4, 0.5) is 10.5 Å². The number of halogens is 1. The molecular weight excluding hydrogens is 290 g/mol. The van der Waals surface area contributed by atoms with Gasteiger partial charge in [-0.25, -0.2) is 4.79 Å². The van der Waals surface area contributed by atoms with Crippen molar-refractivity contribution >= 4 is 23.3 Å². The summed E-state index contributed by atoms with van der Waals surface area (Å²) in [7, 11) is 1.69. The number of aliphatic hydroxyl groups is 1. The van der Waals surface area contributed by atoms with Crippen LogP contribution in [0.25, 0.3) is 0 Å². The summed E-state index contributed by atoms with van der Waals surface area (Å²) in [6.07, 6.45) is 0.383. The Morgan fingerprint density at radius 3 is 3.05 bits per heavy atom. The fourth-order valence-corrected chi connectivity index (χ4v) is 2.73. The number of rotatable bonds is 4. The highest BCUT2D eigenvalue weighted by Gasteiger charge is 2.25. The van der Waals surface area contributed by atoms with Crippen LogP contribution in [0.15, 0.2) is 24.3 Å². The van der Waals surface area contributed by atoms with Crippen LogP contribution in [0.5, 0.6) is 0 Å². The third kappa shape index (κ3) is 4.51. The fraction of sp³-hybridized carbons (Fsp3) is 0.533. The third-order valence-electron chi connectivity index (χ3n) is 3.57. The predicted molar refractivity (Wildman–Crippen MR) is 84.9 cm³/mol. The molecule has 0 spiro atoms. The van der Waals surface area contributed by atoms with Gasteiger partial charge in [0.1, 0.15) is 0 Å². The Bertz CT molecular complexity index is 496. The molecule has 1 fully saturated rings. The fourth-order valence-electron chi connectivity index (χ4n) is 2.55. The van der Waals surface area contributed by atoms with E-state index in [0.29, 0.717) is 6.54 Å². The summed E-state index contributed by atoms with van der Waals surface area (Å²) in [5, 5.41) is 13.0. The lowest BCUT2D eigenvalue weighted by Crippen LogP contribution is -2.46. The molecule has 6 heteroatoms. The zero-order valence-electron chi connectivity index (χ0n) is 12.4. The Balaban J connectivity index is 1.86. The zero-order valence-corrected chi connectivity index (χ0v) is 13.2. The quantitative estimate of drug-likeness (QED) is 0.893. The van der Waals surface area contributed by atoms with Gasteiger partial charge in [0.25, 0.3) is 0 Å². The van der Waals surface area contributed by atoms with Crippen LogP contribution in [-0.4, -0.2) is 54.9 Å². The summed E-state index contributed by atoms with van der Waals surface area (Å²) >= 11 is 6.01. The maximum absolute atomic E-state index is 12.0. The Kier molecular flexibility index (Phi) is 5.31. The van der Waals surface area contributed by atoms with Crippen molar-refractivity contribution < 1.29 is 9.90 Å². The summed E-state index contributed by atoms with van der Waals surface area (Å²) < 4.78 is 0. The second kappa shape index (κ2) is 7.00. The lowest BCUT2D eigenvalue weighted by atomic mass is 10.2. The highest BCUT2D eigenvalue weighted by molar-refractivity contribution is 6.30. The smallest absolute Gasteiger partial charge is 0.317 e. The number of likely N-dealkylation sites (N-methyl/N-ethyl adjacent to an activating group) is 1. The van der Waals surface area contributed by atoms with E-state index in [1.165, 1.54) is 4.90 Å². The van der Waals surface area contributed by atoms with Crippen LogP contribution in [0.1, 0.15) is 13.3 Å². The number of aliphatic hydroxyl groups excluding tert-OH is 1. The van der Waals surface area contributed by atoms with E-state index in [0.717, 1.165) is 30.2 Å². The lowest BCUT2D eigenvalue weighted by molar-refractivity contribution is 0.142. The van der Waals surface area contributed by atoms with Crippen molar-refractivity contribution in [2.24, 2.45) is 0 Å². The van der Waals surface area contributed by atoms with Crippen molar-refractivity contribution in [1.29, 1.82) is 0 Å². The molecule has 116 valence electrons. The van der Waals surface area contributed by atoms with Gasteiger partial charge in [0.05, 0.1) is 6.10 Å². The normalized spacial score (nSPS) is 19.4. The molecule has 1 saturated heterocycles. The van der Waals surface area contributed by atoms with Gasteiger partial charge in [0, 0.05) is 43.4 Å². The van der Waals surface area contributed by atoms with Crippen molar-refractivity contribution in [3.05, 3.63) is 29.3 Å². The van der Waals surface area contributed by atoms with E-state index in [1.807, 2.05) is 24.3 Å². The molecule has 1 aromatic carbocycles. The van der Waals surface area contributed by atoms with Crippen LogP contribution in [0, 0.1) is 0 Å². The van der Waals surface area contributed by atoms with Gasteiger partial charge in [-0.2, -0.15) is 0 Å². The van der Waals surface area contributed by atoms with Crippen molar-refractivity contribution in [3.63, 3.8) is 0 Å². The summed E-state index contributed by atoms with van der Waals surface area (Å²) in [6, 6.07) is 7.72. The molecule has 2 atom stereocenters. The first-order valence-corrected chi connectivity index (χ1v) is 7.53. The van der Waals surface area contributed by atoms with Gasteiger partial charge in [-0.05, 0) is 31.5 Å². The largest absolute Gasteiger partial charge is 0.392 e. The molecule has 1 aromatic rings. The standard InChI is InChI=1S/C15H22ClN3O2/c1-11(20)9-18(2)15(21)17-13-6-7-19(10-13)14-5-3-4-12(16)8-14/h3-5,8,11,13,20H,6-7,9-10H2,1-2H3,(H,17,21). The number of benzene rings is 1. The average Bonchev–Trinajstić information content (AvgIpc) is 2.86. The minimum Gasteiger partial charge on any atom is -0.392 e. The molecule has 0 bridgehead atoms. The predicted octanol–water partition coefficient (Wildman–Crippen LogP) is 1.94. The molecule has 1 aliphatic heterocycles. The van der Waals surface area contributed by atoms with Crippen molar-refractivity contribution in [1.82, 2.24) is 10.2 Å². The van der Waals surface area contributed by atoms with Gasteiger partial charge < -0.3 is 20.2 Å². The van der Waals surface area contributed by atoms with Crippen LogP contribution in [0.2, 0.25) is 5.02 Å². The first-order valence-electron chi connectivity index (χ1n) is 7.16. The molecule has 2 N–H and O–H groups in total.